The Balaban J connectivity index is 1.53. The number of aromatic nitrogens is 3. The first-order chi connectivity index (χ1) is 14.6. The van der Waals surface area contributed by atoms with E-state index >= 15 is 0 Å². The van der Waals surface area contributed by atoms with Gasteiger partial charge in [0.05, 0.1) is 12.6 Å². The van der Waals surface area contributed by atoms with Crippen LogP contribution in [0.15, 0.2) is 70.1 Å². The maximum Gasteiger partial charge on any atom is 0.419 e. The fourth-order valence-corrected chi connectivity index (χ4v) is 3.42. The fourth-order valence-electron chi connectivity index (χ4n) is 3.42. The topological polar surface area (TPSA) is 91.3 Å². The molecule has 0 aliphatic heterocycles. The lowest BCUT2D eigenvalue weighted by molar-refractivity contribution is -0.121. The summed E-state index contributed by atoms with van der Waals surface area (Å²) in [4.78, 5) is 29.3. The van der Waals surface area contributed by atoms with Gasteiger partial charge in [-0.25, -0.2) is 9.78 Å². The molecule has 2 aromatic heterocycles. The SMILES string of the molecule is COc1ccc([C@H](NC(=O)CCn2c(=O)oc3ccccc32)c2nccn2C)cc1. The summed E-state index contributed by atoms with van der Waals surface area (Å²) in [6.07, 6.45) is 3.64. The Bertz CT molecular complexity index is 1220. The number of carbonyl (C=O) groups excluding carboxylic acids is 1. The zero-order valence-corrected chi connectivity index (χ0v) is 16.7. The molecule has 1 atom stereocenters. The van der Waals surface area contributed by atoms with Crippen LogP contribution >= 0.6 is 0 Å². The van der Waals surface area contributed by atoms with Crippen LogP contribution < -0.4 is 15.8 Å². The summed E-state index contributed by atoms with van der Waals surface area (Å²) in [5, 5.41) is 3.03. The fraction of sp³-hybridized carbons (Fsp3) is 0.227. The van der Waals surface area contributed by atoms with E-state index in [2.05, 4.69) is 10.3 Å². The van der Waals surface area contributed by atoms with Crippen molar-refractivity contribution >= 4 is 17.0 Å². The zero-order valence-electron chi connectivity index (χ0n) is 16.7. The molecule has 0 bridgehead atoms. The van der Waals surface area contributed by atoms with Crippen LogP contribution in [0.5, 0.6) is 5.75 Å². The van der Waals surface area contributed by atoms with Gasteiger partial charge in [0.15, 0.2) is 5.58 Å². The van der Waals surface area contributed by atoms with Crippen molar-refractivity contribution in [3.63, 3.8) is 0 Å². The number of para-hydroxylation sites is 2. The van der Waals surface area contributed by atoms with Gasteiger partial charge < -0.3 is 19.0 Å². The average Bonchev–Trinajstić information content (AvgIpc) is 3.32. The van der Waals surface area contributed by atoms with E-state index in [-0.39, 0.29) is 18.9 Å². The van der Waals surface area contributed by atoms with Gasteiger partial charge in [0, 0.05) is 32.4 Å². The molecule has 4 rings (SSSR count). The summed E-state index contributed by atoms with van der Waals surface area (Å²) in [6, 6.07) is 14.2. The highest BCUT2D eigenvalue weighted by atomic mass is 16.5. The van der Waals surface area contributed by atoms with Gasteiger partial charge in [0.2, 0.25) is 5.91 Å². The number of benzene rings is 2. The molecular weight excluding hydrogens is 384 g/mol. The van der Waals surface area contributed by atoms with Crippen LogP contribution in [-0.4, -0.2) is 27.1 Å². The number of aryl methyl sites for hydroxylation is 2. The number of amides is 1. The van der Waals surface area contributed by atoms with Crippen molar-refractivity contribution in [2.75, 3.05) is 7.11 Å². The highest BCUT2D eigenvalue weighted by Crippen LogP contribution is 2.23. The molecule has 0 spiro atoms. The molecular formula is C22H22N4O4. The number of nitrogens with zero attached hydrogens (tertiary/aromatic N) is 3. The second-order valence-electron chi connectivity index (χ2n) is 6.91. The number of hydrogen-bond donors (Lipinski definition) is 1. The number of hydrogen-bond acceptors (Lipinski definition) is 5. The number of methoxy groups -OCH3 is 1. The quantitative estimate of drug-likeness (QED) is 0.509. The first-order valence-electron chi connectivity index (χ1n) is 9.55. The van der Waals surface area contributed by atoms with E-state index in [1.807, 2.05) is 48.1 Å². The molecule has 4 aromatic rings. The first kappa shape index (κ1) is 19.5. The van der Waals surface area contributed by atoms with Gasteiger partial charge in [-0.2, -0.15) is 0 Å². The second kappa shape index (κ2) is 8.28. The lowest BCUT2D eigenvalue weighted by Crippen LogP contribution is -2.32. The average molecular weight is 406 g/mol. The van der Waals surface area contributed by atoms with Gasteiger partial charge in [-0.3, -0.25) is 9.36 Å². The van der Waals surface area contributed by atoms with E-state index in [1.165, 1.54) is 4.57 Å². The van der Waals surface area contributed by atoms with Crippen molar-refractivity contribution in [1.29, 1.82) is 0 Å². The van der Waals surface area contributed by atoms with Crippen molar-refractivity contribution in [3.8, 4) is 5.75 Å². The normalized spacial score (nSPS) is 12.1. The molecule has 154 valence electrons. The Labute approximate surface area is 172 Å². The molecule has 0 fully saturated rings. The van der Waals surface area contributed by atoms with Crippen LogP contribution in [0.3, 0.4) is 0 Å². The van der Waals surface area contributed by atoms with E-state index in [1.54, 1.807) is 31.5 Å². The van der Waals surface area contributed by atoms with E-state index < -0.39 is 11.8 Å². The van der Waals surface area contributed by atoms with Crippen LogP contribution in [0.4, 0.5) is 0 Å². The van der Waals surface area contributed by atoms with Crippen molar-refractivity contribution in [2.24, 2.45) is 7.05 Å². The van der Waals surface area contributed by atoms with E-state index in [9.17, 15) is 9.59 Å². The molecule has 8 heteroatoms. The summed E-state index contributed by atoms with van der Waals surface area (Å²) in [5.41, 5.74) is 2.06. The van der Waals surface area contributed by atoms with Gasteiger partial charge in [0.1, 0.15) is 17.6 Å². The van der Waals surface area contributed by atoms with Crippen LogP contribution in [0, 0.1) is 0 Å². The lowest BCUT2D eigenvalue weighted by Gasteiger charge is -2.19. The van der Waals surface area contributed by atoms with E-state index in [4.69, 9.17) is 9.15 Å². The Morgan fingerprint density at radius 3 is 2.67 bits per heavy atom. The molecule has 0 saturated heterocycles. The third-order valence-electron chi connectivity index (χ3n) is 5.01. The highest BCUT2D eigenvalue weighted by Gasteiger charge is 2.21. The van der Waals surface area contributed by atoms with Gasteiger partial charge in [-0.15, -0.1) is 0 Å². The second-order valence-corrected chi connectivity index (χ2v) is 6.91. The summed E-state index contributed by atoms with van der Waals surface area (Å²) in [5.74, 6) is 0.769. The molecule has 0 saturated carbocycles. The van der Waals surface area contributed by atoms with Gasteiger partial charge >= 0.3 is 5.76 Å². The molecule has 2 aromatic carbocycles. The smallest absolute Gasteiger partial charge is 0.419 e. The number of imidazole rings is 1. The summed E-state index contributed by atoms with van der Waals surface area (Å²) in [7, 11) is 3.48. The first-order valence-corrected chi connectivity index (χ1v) is 9.55. The van der Waals surface area contributed by atoms with Crippen molar-refractivity contribution in [1.82, 2.24) is 19.4 Å². The van der Waals surface area contributed by atoms with Crippen molar-refractivity contribution in [2.45, 2.75) is 19.0 Å². The van der Waals surface area contributed by atoms with Crippen molar-refractivity contribution < 1.29 is 13.9 Å². The minimum Gasteiger partial charge on any atom is -0.497 e. The van der Waals surface area contributed by atoms with Gasteiger partial charge in [0.25, 0.3) is 0 Å². The highest BCUT2D eigenvalue weighted by molar-refractivity contribution is 5.77. The third kappa shape index (κ3) is 3.84. The van der Waals surface area contributed by atoms with Crippen LogP contribution in [-0.2, 0) is 18.4 Å². The largest absolute Gasteiger partial charge is 0.497 e. The number of fused-ring (bicyclic) bond motifs is 1. The summed E-state index contributed by atoms with van der Waals surface area (Å²) < 4.78 is 13.8. The number of oxazole rings is 1. The van der Waals surface area contributed by atoms with Crippen LogP contribution in [0.2, 0.25) is 0 Å². The lowest BCUT2D eigenvalue weighted by atomic mass is 10.1. The molecule has 0 radical (unpaired) electrons. The zero-order chi connectivity index (χ0) is 21.1. The maximum absolute atomic E-state index is 12.8. The molecule has 30 heavy (non-hydrogen) atoms. The monoisotopic (exact) mass is 406 g/mol. The molecule has 1 amide bonds. The molecule has 1 N–H and O–H groups in total. The predicted molar refractivity (Wildman–Crippen MR) is 111 cm³/mol. The van der Waals surface area contributed by atoms with Crippen LogP contribution in [0.25, 0.3) is 11.1 Å². The van der Waals surface area contributed by atoms with Gasteiger partial charge in [-0.1, -0.05) is 24.3 Å². The standard InChI is InChI=1S/C22H22N4O4/c1-25-14-12-23-21(25)20(15-7-9-16(29-2)10-8-15)24-19(27)11-13-26-17-5-3-4-6-18(17)30-22(26)28/h3-10,12,14,20H,11,13H2,1-2H3,(H,24,27)/t20-/m0/s1. The number of nitrogens with one attached hydrogen (secondary N) is 1. The Morgan fingerprint density at radius 2 is 1.97 bits per heavy atom. The van der Waals surface area contributed by atoms with Gasteiger partial charge in [-0.05, 0) is 29.8 Å². The Kier molecular flexibility index (Phi) is 5.38. The van der Waals surface area contributed by atoms with Crippen LogP contribution in [0.1, 0.15) is 23.9 Å². The minimum absolute atomic E-state index is 0.126. The molecule has 2 heterocycles. The predicted octanol–water partition coefficient (Wildman–Crippen LogP) is 2.63. The maximum atomic E-state index is 12.8. The molecule has 8 nitrogen and oxygen atoms in total. The molecule has 0 aliphatic rings. The Morgan fingerprint density at radius 1 is 1.20 bits per heavy atom. The van der Waals surface area contributed by atoms with E-state index in [0.717, 1.165) is 11.3 Å². The third-order valence-corrected chi connectivity index (χ3v) is 5.01. The molecule has 0 aliphatic carbocycles. The summed E-state index contributed by atoms with van der Waals surface area (Å²) >= 11 is 0. The summed E-state index contributed by atoms with van der Waals surface area (Å²) in [6.45, 7) is 0.220. The van der Waals surface area contributed by atoms with Crippen molar-refractivity contribution in [3.05, 3.63) is 82.9 Å². The number of carbonyl (C=O) groups is 1. The Hall–Kier alpha value is -3.81. The van der Waals surface area contributed by atoms with E-state index in [0.29, 0.717) is 16.9 Å². The number of rotatable bonds is 7. The number of ether oxygens (including phenoxy) is 1. The molecule has 0 unspecified atom stereocenters. The minimum atomic E-state index is -0.472.